The summed E-state index contributed by atoms with van der Waals surface area (Å²) in [6.45, 7) is 1.86. The molecule has 1 saturated heterocycles. The van der Waals surface area contributed by atoms with Crippen LogP contribution < -0.4 is 11.1 Å². The van der Waals surface area contributed by atoms with Crippen molar-refractivity contribution in [1.82, 2.24) is 5.32 Å². The van der Waals surface area contributed by atoms with Crippen molar-refractivity contribution in [2.45, 2.75) is 19.4 Å². The average Bonchev–Trinajstić information content (AvgIpc) is 2.69. The first-order valence-corrected chi connectivity index (χ1v) is 8.06. The van der Waals surface area contributed by atoms with E-state index in [0.717, 1.165) is 5.56 Å². The van der Waals surface area contributed by atoms with Gasteiger partial charge < -0.3 is 11.1 Å². The van der Waals surface area contributed by atoms with Gasteiger partial charge in [-0.15, -0.1) is 0 Å². The Morgan fingerprint density at radius 3 is 2.79 bits per heavy atom. The van der Waals surface area contributed by atoms with E-state index in [2.05, 4.69) is 5.32 Å². The zero-order chi connectivity index (χ0) is 14.0. The maximum Gasteiger partial charge on any atom is 0.224 e. The van der Waals surface area contributed by atoms with Crippen molar-refractivity contribution in [1.29, 1.82) is 0 Å². The van der Waals surface area contributed by atoms with Crippen molar-refractivity contribution in [2.24, 2.45) is 5.92 Å². The lowest BCUT2D eigenvalue weighted by Crippen LogP contribution is -2.33. The summed E-state index contributed by atoms with van der Waals surface area (Å²) in [6, 6.07) is 7.11. The molecule has 1 aromatic carbocycles. The number of anilines is 1. The molecule has 6 heteroatoms. The van der Waals surface area contributed by atoms with Crippen molar-refractivity contribution in [2.75, 3.05) is 17.2 Å². The van der Waals surface area contributed by atoms with E-state index in [1.165, 1.54) is 0 Å². The molecule has 1 fully saturated rings. The van der Waals surface area contributed by atoms with Crippen LogP contribution in [0, 0.1) is 5.92 Å². The van der Waals surface area contributed by atoms with Crippen molar-refractivity contribution in [3.05, 3.63) is 29.8 Å². The summed E-state index contributed by atoms with van der Waals surface area (Å²) in [4.78, 5) is 12.0. The van der Waals surface area contributed by atoms with E-state index >= 15 is 0 Å². The van der Waals surface area contributed by atoms with Gasteiger partial charge >= 0.3 is 0 Å². The number of rotatable bonds is 3. The van der Waals surface area contributed by atoms with E-state index in [1.807, 2.05) is 19.1 Å². The summed E-state index contributed by atoms with van der Waals surface area (Å²) in [6.07, 6.45) is 0.414. The van der Waals surface area contributed by atoms with Crippen LogP contribution in [0.5, 0.6) is 0 Å². The van der Waals surface area contributed by atoms with E-state index in [1.54, 1.807) is 12.1 Å². The number of hydrogen-bond acceptors (Lipinski definition) is 4. The molecule has 1 aromatic rings. The highest BCUT2D eigenvalue weighted by atomic mass is 32.2. The van der Waals surface area contributed by atoms with Crippen LogP contribution in [0.1, 0.15) is 24.9 Å². The minimum atomic E-state index is -3.03. The monoisotopic (exact) mass is 282 g/mol. The minimum Gasteiger partial charge on any atom is -0.399 e. The standard InChI is InChI=1S/C13H18N2O3S/c1-9(10-3-2-4-12(14)7-10)15-13(16)11-5-6-19(17,18)8-11/h2-4,7,9,11H,5-6,8,14H2,1H3,(H,15,16). The van der Waals surface area contributed by atoms with Crippen LogP contribution in [0.3, 0.4) is 0 Å². The molecule has 2 atom stereocenters. The van der Waals surface area contributed by atoms with Gasteiger partial charge in [0.2, 0.25) is 5.91 Å². The predicted octanol–water partition coefficient (Wildman–Crippen LogP) is 0.881. The number of benzene rings is 1. The Morgan fingerprint density at radius 2 is 2.21 bits per heavy atom. The van der Waals surface area contributed by atoms with Crippen LogP contribution in [0.4, 0.5) is 5.69 Å². The molecular weight excluding hydrogens is 264 g/mol. The van der Waals surface area contributed by atoms with Crippen LogP contribution in [-0.4, -0.2) is 25.8 Å². The van der Waals surface area contributed by atoms with Gasteiger partial charge in [-0.05, 0) is 31.0 Å². The second kappa shape index (κ2) is 5.21. The third-order valence-corrected chi connectivity index (χ3v) is 5.14. The number of nitrogens with one attached hydrogen (secondary N) is 1. The molecule has 0 radical (unpaired) electrons. The zero-order valence-corrected chi connectivity index (χ0v) is 11.6. The van der Waals surface area contributed by atoms with E-state index < -0.39 is 15.8 Å². The molecule has 0 bridgehead atoms. The van der Waals surface area contributed by atoms with Gasteiger partial charge in [0, 0.05) is 5.69 Å². The summed E-state index contributed by atoms with van der Waals surface area (Å²) in [5, 5.41) is 2.84. The smallest absolute Gasteiger partial charge is 0.224 e. The Balaban J connectivity index is 2.00. The second-order valence-corrected chi connectivity index (χ2v) is 7.23. The topological polar surface area (TPSA) is 89.3 Å². The summed E-state index contributed by atoms with van der Waals surface area (Å²) in [5.74, 6) is -0.551. The Bertz CT molecular complexity index is 583. The molecule has 1 aliphatic heterocycles. The van der Waals surface area contributed by atoms with Gasteiger partial charge in [0.25, 0.3) is 0 Å². The van der Waals surface area contributed by atoms with Crippen LogP contribution in [0.2, 0.25) is 0 Å². The highest BCUT2D eigenvalue weighted by Gasteiger charge is 2.33. The largest absolute Gasteiger partial charge is 0.399 e. The fourth-order valence-electron chi connectivity index (χ4n) is 2.24. The molecule has 2 unspecified atom stereocenters. The lowest BCUT2D eigenvalue weighted by atomic mass is 10.0. The number of nitrogen functional groups attached to an aromatic ring is 1. The molecule has 104 valence electrons. The van der Waals surface area contributed by atoms with E-state index in [9.17, 15) is 13.2 Å². The summed E-state index contributed by atoms with van der Waals surface area (Å²) in [7, 11) is -3.03. The average molecular weight is 282 g/mol. The quantitative estimate of drug-likeness (QED) is 0.805. The fourth-order valence-corrected chi connectivity index (χ4v) is 3.99. The van der Waals surface area contributed by atoms with Gasteiger partial charge in [-0.1, -0.05) is 12.1 Å². The van der Waals surface area contributed by atoms with Gasteiger partial charge in [-0.2, -0.15) is 0 Å². The van der Waals surface area contributed by atoms with Gasteiger partial charge in [0.05, 0.1) is 23.5 Å². The van der Waals surface area contributed by atoms with E-state index in [-0.39, 0.29) is 23.5 Å². The number of carbonyl (C=O) groups is 1. The number of nitrogens with two attached hydrogens (primary N) is 1. The molecule has 0 aromatic heterocycles. The Labute approximate surface area is 113 Å². The zero-order valence-electron chi connectivity index (χ0n) is 10.8. The van der Waals surface area contributed by atoms with Crippen LogP contribution >= 0.6 is 0 Å². The van der Waals surface area contributed by atoms with Gasteiger partial charge in [-0.3, -0.25) is 4.79 Å². The van der Waals surface area contributed by atoms with Crippen LogP contribution in [0.25, 0.3) is 0 Å². The van der Waals surface area contributed by atoms with Crippen molar-refractivity contribution in [3.63, 3.8) is 0 Å². The molecule has 19 heavy (non-hydrogen) atoms. The van der Waals surface area contributed by atoms with Crippen LogP contribution in [0.15, 0.2) is 24.3 Å². The first kappa shape index (κ1) is 13.9. The number of hydrogen-bond donors (Lipinski definition) is 2. The van der Waals surface area contributed by atoms with Gasteiger partial charge in [0.1, 0.15) is 0 Å². The normalized spacial score (nSPS) is 22.9. The molecular formula is C13H18N2O3S. The lowest BCUT2D eigenvalue weighted by molar-refractivity contribution is -0.124. The van der Waals surface area contributed by atoms with Crippen molar-refractivity contribution in [3.8, 4) is 0 Å². The third-order valence-electron chi connectivity index (χ3n) is 3.37. The first-order chi connectivity index (χ1) is 8.87. The molecule has 2 rings (SSSR count). The molecule has 3 N–H and O–H groups in total. The molecule has 1 amide bonds. The maximum absolute atomic E-state index is 12.0. The molecule has 1 aliphatic rings. The van der Waals surface area contributed by atoms with Crippen molar-refractivity contribution >= 4 is 21.4 Å². The molecule has 0 saturated carbocycles. The summed E-state index contributed by atoms with van der Waals surface area (Å²) >= 11 is 0. The Morgan fingerprint density at radius 1 is 1.47 bits per heavy atom. The van der Waals surface area contributed by atoms with Crippen molar-refractivity contribution < 1.29 is 13.2 Å². The number of carbonyl (C=O) groups excluding carboxylic acids is 1. The second-order valence-electron chi connectivity index (χ2n) is 5.00. The molecule has 1 heterocycles. The number of sulfone groups is 1. The van der Waals surface area contributed by atoms with Crippen LogP contribution in [-0.2, 0) is 14.6 Å². The fraction of sp³-hybridized carbons (Fsp3) is 0.462. The Kier molecular flexibility index (Phi) is 3.80. The van der Waals surface area contributed by atoms with Gasteiger partial charge in [-0.25, -0.2) is 8.42 Å². The first-order valence-electron chi connectivity index (χ1n) is 6.23. The third kappa shape index (κ3) is 3.47. The SMILES string of the molecule is CC(NC(=O)C1CCS(=O)(=O)C1)c1cccc(N)c1. The number of amides is 1. The molecule has 0 spiro atoms. The molecule has 5 nitrogen and oxygen atoms in total. The minimum absolute atomic E-state index is 0.0392. The highest BCUT2D eigenvalue weighted by Crippen LogP contribution is 2.21. The van der Waals surface area contributed by atoms with E-state index in [4.69, 9.17) is 5.73 Å². The molecule has 0 aliphatic carbocycles. The summed E-state index contributed by atoms with van der Waals surface area (Å²) in [5.41, 5.74) is 7.24. The lowest BCUT2D eigenvalue weighted by Gasteiger charge is -2.17. The Hall–Kier alpha value is -1.56. The highest BCUT2D eigenvalue weighted by molar-refractivity contribution is 7.91. The van der Waals surface area contributed by atoms with E-state index in [0.29, 0.717) is 12.1 Å². The summed E-state index contributed by atoms with van der Waals surface area (Å²) < 4.78 is 22.7. The maximum atomic E-state index is 12.0. The van der Waals surface area contributed by atoms with Gasteiger partial charge in [0.15, 0.2) is 9.84 Å². The predicted molar refractivity (Wildman–Crippen MR) is 74.2 cm³/mol.